The van der Waals surface area contributed by atoms with Gasteiger partial charge in [-0.15, -0.1) is 0 Å². The highest BCUT2D eigenvalue weighted by molar-refractivity contribution is 6.09. The minimum absolute atomic E-state index is 0.0497. The Hall–Kier alpha value is -4.64. The van der Waals surface area contributed by atoms with Crippen LogP contribution in [-0.2, 0) is 34.5 Å². The maximum atomic E-state index is 15.5. The van der Waals surface area contributed by atoms with Gasteiger partial charge in [-0.25, -0.2) is 5.01 Å². The first-order valence-corrected chi connectivity index (χ1v) is 15.5. The normalized spacial score (nSPS) is 18.2. The molecule has 2 aromatic carbocycles. The summed E-state index contributed by atoms with van der Waals surface area (Å²) in [5.74, 6) is -1.14. The van der Waals surface area contributed by atoms with E-state index in [2.05, 4.69) is 15.1 Å². The Morgan fingerprint density at radius 1 is 0.913 bits per heavy atom. The number of carbonyl (C=O) groups is 2. The second-order valence-electron chi connectivity index (χ2n) is 11.9. The molecule has 1 atom stereocenters. The molecule has 1 unspecified atom stereocenters. The summed E-state index contributed by atoms with van der Waals surface area (Å²) in [5, 5.41) is 5.79. The van der Waals surface area contributed by atoms with Gasteiger partial charge in [-0.3, -0.25) is 19.6 Å². The molecule has 0 fully saturated rings. The van der Waals surface area contributed by atoms with Crippen molar-refractivity contribution in [3.8, 4) is 0 Å². The topological polar surface area (TPSA) is 105 Å². The van der Waals surface area contributed by atoms with Crippen LogP contribution in [0.15, 0.2) is 84.4 Å². The Bertz CT molecular complexity index is 1740. The minimum atomic E-state index is -4.93. The van der Waals surface area contributed by atoms with E-state index in [1.54, 1.807) is 59.8 Å². The second-order valence-corrected chi connectivity index (χ2v) is 11.9. The summed E-state index contributed by atoms with van der Waals surface area (Å²) in [6, 6.07) is 16.4. The standard InChI is InChI=1S/C35H35F3N6O2/c36-35(37,38)34(29-8-5-9-30-28(29)7-6-16-41-30)20-31(42-44(33(34)46)18-4-2-1-3-15-39)25-12-10-24(11-13-25)19-32(45)43-22-26-14-17-40-21-27(26)23-43/h5-14,16-17,21H,1-4,15,18-20,22-23,39H2. The number of rotatable bonds is 10. The van der Waals surface area contributed by atoms with Crippen LogP contribution in [-0.4, -0.2) is 56.7 Å². The van der Waals surface area contributed by atoms with E-state index in [0.29, 0.717) is 43.6 Å². The quantitative estimate of drug-likeness (QED) is 0.228. The summed E-state index contributed by atoms with van der Waals surface area (Å²) in [6.45, 7) is 1.59. The van der Waals surface area contributed by atoms with Crippen LogP contribution in [0.1, 0.15) is 59.9 Å². The number of carbonyl (C=O) groups excluding carboxylic acids is 2. The lowest BCUT2D eigenvalue weighted by molar-refractivity contribution is -0.201. The number of pyridine rings is 2. The minimum Gasteiger partial charge on any atom is -0.334 e. The molecule has 8 nitrogen and oxygen atoms in total. The lowest BCUT2D eigenvalue weighted by Gasteiger charge is -2.41. The van der Waals surface area contributed by atoms with Gasteiger partial charge in [-0.2, -0.15) is 18.3 Å². The number of nitrogens with zero attached hydrogens (tertiary/aromatic N) is 5. The van der Waals surface area contributed by atoms with Crippen molar-refractivity contribution in [2.24, 2.45) is 10.8 Å². The van der Waals surface area contributed by atoms with Crippen LogP contribution in [0, 0.1) is 0 Å². The first kappa shape index (κ1) is 31.3. The Labute approximate surface area is 265 Å². The summed E-state index contributed by atoms with van der Waals surface area (Å²) < 4.78 is 46.4. The molecular weight excluding hydrogens is 593 g/mol. The molecule has 2 N–H and O–H groups in total. The van der Waals surface area contributed by atoms with Gasteiger partial charge in [-0.1, -0.05) is 55.3 Å². The highest BCUT2D eigenvalue weighted by Crippen LogP contribution is 2.49. The van der Waals surface area contributed by atoms with E-state index in [-0.39, 0.29) is 35.5 Å². The van der Waals surface area contributed by atoms with Gasteiger partial charge in [0.15, 0.2) is 5.41 Å². The maximum Gasteiger partial charge on any atom is 0.407 e. The number of aromatic nitrogens is 2. The van der Waals surface area contributed by atoms with Crippen molar-refractivity contribution in [2.75, 3.05) is 13.1 Å². The monoisotopic (exact) mass is 628 g/mol. The van der Waals surface area contributed by atoms with Gasteiger partial charge in [-0.05, 0) is 65.4 Å². The Balaban J connectivity index is 1.31. The predicted octanol–water partition coefficient (Wildman–Crippen LogP) is 5.67. The van der Waals surface area contributed by atoms with Crippen LogP contribution in [0.5, 0.6) is 0 Å². The molecule has 2 aromatic heterocycles. The van der Waals surface area contributed by atoms with E-state index in [0.717, 1.165) is 34.5 Å². The van der Waals surface area contributed by atoms with Crippen LogP contribution >= 0.6 is 0 Å². The van der Waals surface area contributed by atoms with Crippen molar-refractivity contribution in [3.63, 3.8) is 0 Å². The lowest BCUT2D eigenvalue weighted by Crippen LogP contribution is -2.58. The number of hydrazone groups is 1. The summed E-state index contributed by atoms with van der Waals surface area (Å²) in [7, 11) is 0. The second kappa shape index (κ2) is 13.0. The van der Waals surface area contributed by atoms with Gasteiger partial charge >= 0.3 is 6.18 Å². The SMILES string of the molecule is NCCCCCCN1N=C(c2ccc(CC(=O)N3Cc4ccncc4C3)cc2)CC(c2cccc3ncccc23)(C(F)(F)F)C1=O. The third-order valence-corrected chi connectivity index (χ3v) is 8.91. The van der Waals surface area contributed by atoms with Gasteiger partial charge in [0, 0.05) is 50.0 Å². The molecule has 0 bridgehead atoms. The number of hydrogen-bond donors (Lipinski definition) is 1. The molecule has 0 saturated carbocycles. The van der Waals surface area contributed by atoms with Crippen molar-refractivity contribution in [1.29, 1.82) is 0 Å². The molecule has 0 radical (unpaired) electrons. The number of alkyl halides is 3. The summed E-state index contributed by atoms with van der Waals surface area (Å²) in [5.41, 5.74) is 6.41. The molecule has 0 saturated heterocycles. The maximum absolute atomic E-state index is 15.5. The predicted molar refractivity (Wildman–Crippen MR) is 169 cm³/mol. The summed E-state index contributed by atoms with van der Waals surface area (Å²) >= 11 is 0. The van der Waals surface area contributed by atoms with Crippen molar-refractivity contribution in [3.05, 3.63) is 107 Å². The Kier molecular flexibility index (Phi) is 8.86. The number of nitrogens with two attached hydrogens (primary N) is 1. The lowest BCUT2D eigenvalue weighted by atomic mass is 9.71. The van der Waals surface area contributed by atoms with Crippen LogP contribution in [0.3, 0.4) is 0 Å². The summed E-state index contributed by atoms with van der Waals surface area (Å²) in [4.78, 5) is 37.3. The largest absolute Gasteiger partial charge is 0.407 e. The Morgan fingerprint density at radius 3 is 2.46 bits per heavy atom. The average molecular weight is 629 g/mol. The third kappa shape index (κ3) is 5.99. The highest BCUT2D eigenvalue weighted by Gasteiger charge is 2.65. The summed E-state index contributed by atoms with van der Waals surface area (Å²) in [6.07, 6.45) is 2.37. The van der Waals surface area contributed by atoms with Crippen LogP contribution in [0.2, 0.25) is 0 Å². The van der Waals surface area contributed by atoms with Gasteiger partial charge < -0.3 is 10.6 Å². The first-order chi connectivity index (χ1) is 22.2. The van der Waals surface area contributed by atoms with E-state index >= 15 is 13.2 Å². The molecule has 238 valence electrons. The fourth-order valence-corrected chi connectivity index (χ4v) is 6.40. The molecule has 2 amide bonds. The van der Waals surface area contributed by atoms with Crippen molar-refractivity contribution >= 4 is 28.4 Å². The number of unbranched alkanes of at least 4 members (excludes halogenated alkanes) is 3. The van der Waals surface area contributed by atoms with Crippen molar-refractivity contribution in [1.82, 2.24) is 19.9 Å². The van der Waals surface area contributed by atoms with Crippen LogP contribution in [0.25, 0.3) is 10.9 Å². The van der Waals surface area contributed by atoms with Gasteiger partial charge in [0.2, 0.25) is 5.91 Å². The molecule has 6 rings (SSSR count). The van der Waals surface area contributed by atoms with E-state index in [1.165, 1.54) is 18.3 Å². The third-order valence-electron chi connectivity index (χ3n) is 8.91. The van der Waals surface area contributed by atoms with Crippen LogP contribution < -0.4 is 5.73 Å². The number of amides is 2. The number of benzene rings is 2. The van der Waals surface area contributed by atoms with Gasteiger partial charge in [0.25, 0.3) is 5.91 Å². The zero-order valence-corrected chi connectivity index (χ0v) is 25.3. The Morgan fingerprint density at radius 2 is 1.70 bits per heavy atom. The van der Waals surface area contributed by atoms with E-state index < -0.39 is 23.9 Å². The molecule has 4 heterocycles. The van der Waals surface area contributed by atoms with E-state index in [9.17, 15) is 9.59 Å². The molecule has 46 heavy (non-hydrogen) atoms. The molecule has 2 aliphatic rings. The van der Waals surface area contributed by atoms with E-state index in [4.69, 9.17) is 5.73 Å². The molecule has 2 aliphatic heterocycles. The fourth-order valence-electron chi connectivity index (χ4n) is 6.40. The zero-order valence-electron chi connectivity index (χ0n) is 25.3. The number of hydrogen-bond acceptors (Lipinski definition) is 6. The van der Waals surface area contributed by atoms with Crippen LogP contribution in [0.4, 0.5) is 13.2 Å². The van der Waals surface area contributed by atoms with Gasteiger partial charge in [0.1, 0.15) is 0 Å². The van der Waals surface area contributed by atoms with Crippen molar-refractivity contribution < 1.29 is 22.8 Å². The zero-order chi connectivity index (χ0) is 32.3. The molecule has 0 spiro atoms. The highest BCUT2D eigenvalue weighted by atomic mass is 19.4. The first-order valence-electron chi connectivity index (χ1n) is 15.5. The fraction of sp³-hybridized carbons (Fsp3) is 0.343. The molecule has 11 heteroatoms. The molecule has 0 aliphatic carbocycles. The number of halogens is 3. The van der Waals surface area contributed by atoms with E-state index in [1.807, 2.05) is 6.07 Å². The number of fused-ring (bicyclic) bond motifs is 2. The molecular formula is C35H35F3N6O2. The van der Waals surface area contributed by atoms with Crippen molar-refractivity contribution in [2.45, 2.75) is 63.2 Å². The average Bonchev–Trinajstić information content (AvgIpc) is 3.50. The molecule has 4 aromatic rings. The van der Waals surface area contributed by atoms with Gasteiger partial charge in [0.05, 0.1) is 17.6 Å². The smallest absolute Gasteiger partial charge is 0.334 e.